The van der Waals surface area contributed by atoms with Crippen molar-refractivity contribution in [1.82, 2.24) is 0 Å². The van der Waals surface area contributed by atoms with Crippen molar-refractivity contribution >= 4 is 21.8 Å². The summed E-state index contributed by atoms with van der Waals surface area (Å²) in [7, 11) is -3.30. The first-order valence-electron chi connectivity index (χ1n) is 4.81. The summed E-state index contributed by atoms with van der Waals surface area (Å²) in [6, 6.07) is 3.77. The summed E-state index contributed by atoms with van der Waals surface area (Å²) >= 11 is 5.60. The maximum atomic E-state index is 12.9. The molecular weight excluding hydrogens is 271 g/mol. The van der Waals surface area contributed by atoms with Gasteiger partial charge in [0.15, 0.2) is 0 Å². The molecule has 0 aliphatic carbocycles. The summed E-state index contributed by atoms with van der Waals surface area (Å²) in [5.41, 5.74) is 0. The minimum absolute atomic E-state index is 0.0481. The quantitative estimate of drug-likeness (QED) is 0.594. The monoisotopic (exact) mass is 282 g/mol. The third kappa shape index (κ3) is 4.49. The van der Waals surface area contributed by atoms with Crippen molar-refractivity contribution in [3.8, 4) is 5.75 Å². The lowest BCUT2D eigenvalue weighted by Gasteiger charge is -2.09. The van der Waals surface area contributed by atoms with Gasteiger partial charge in [-0.2, -0.15) is 8.42 Å². The Kier molecular flexibility index (Phi) is 5.17. The molecule has 1 rings (SSSR count). The fraction of sp³-hybridized carbons (Fsp3) is 0.400. The van der Waals surface area contributed by atoms with Crippen LogP contribution in [0.1, 0.15) is 6.42 Å². The average Bonchev–Trinajstić information content (AvgIpc) is 2.25. The molecule has 4 nitrogen and oxygen atoms in total. The van der Waals surface area contributed by atoms with E-state index < -0.39 is 15.1 Å². The lowest BCUT2D eigenvalue weighted by Crippen LogP contribution is -2.04. The molecule has 0 N–H and O–H groups in total. The minimum Gasteiger partial charge on any atom is -0.492 e. The van der Waals surface area contributed by atoms with Crippen molar-refractivity contribution in [3.05, 3.63) is 23.2 Å². The van der Waals surface area contributed by atoms with Gasteiger partial charge in [0, 0.05) is 25.2 Å². The van der Waals surface area contributed by atoms with Gasteiger partial charge in [-0.15, -0.1) is 3.89 Å². The van der Waals surface area contributed by atoms with Crippen LogP contribution >= 0.6 is 11.6 Å². The molecule has 0 aromatic heterocycles. The van der Waals surface area contributed by atoms with Gasteiger partial charge in [-0.05, 0) is 18.2 Å². The van der Waals surface area contributed by atoms with Gasteiger partial charge < -0.3 is 9.47 Å². The second kappa shape index (κ2) is 6.18. The van der Waals surface area contributed by atoms with E-state index in [-0.39, 0.29) is 17.4 Å². The lowest BCUT2D eigenvalue weighted by atomic mass is 10.3. The Morgan fingerprint density at radius 2 is 2.06 bits per heavy atom. The second-order valence-corrected chi connectivity index (χ2v) is 4.98. The number of benzene rings is 1. The van der Waals surface area contributed by atoms with Crippen LogP contribution in [0.4, 0.5) is 3.89 Å². The fourth-order valence-electron chi connectivity index (χ4n) is 1.18. The highest BCUT2D eigenvalue weighted by Crippen LogP contribution is 2.28. The highest BCUT2D eigenvalue weighted by Gasteiger charge is 2.19. The van der Waals surface area contributed by atoms with Gasteiger partial charge in [0.2, 0.25) is 0 Å². The molecule has 0 aliphatic heterocycles. The molecule has 0 bridgehead atoms. The minimum atomic E-state index is -4.84. The standard InChI is InChI=1S/C10H12ClFO4S/c1-15-5-2-6-16-9-4-3-8(11)7-10(9)17(12,13)14/h3-4,7H,2,5-6H2,1H3. The first-order chi connectivity index (χ1) is 7.95. The van der Waals surface area contributed by atoms with E-state index in [0.29, 0.717) is 13.0 Å². The molecule has 0 aliphatic rings. The van der Waals surface area contributed by atoms with Crippen LogP contribution in [0.2, 0.25) is 5.02 Å². The van der Waals surface area contributed by atoms with Crippen molar-refractivity contribution < 1.29 is 21.8 Å². The molecule has 0 radical (unpaired) electrons. The Balaban J connectivity index is 2.84. The molecule has 0 amide bonds. The van der Waals surface area contributed by atoms with E-state index in [1.165, 1.54) is 12.1 Å². The zero-order valence-corrected chi connectivity index (χ0v) is 10.7. The molecule has 0 atom stereocenters. The molecule has 0 heterocycles. The van der Waals surface area contributed by atoms with Crippen LogP contribution in [0.5, 0.6) is 5.75 Å². The summed E-state index contributed by atoms with van der Waals surface area (Å²) < 4.78 is 44.6. The van der Waals surface area contributed by atoms with Crippen molar-refractivity contribution in [2.45, 2.75) is 11.3 Å². The van der Waals surface area contributed by atoms with Crippen molar-refractivity contribution in [2.75, 3.05) is 20.3 Å². The predicted octanol–water partition coefficient (Wildman–Crippen LogP) is 2.41. The van der Waals surface area contributed by atoms with E-state index in [2.05, 4.69) is 0 Å². The van der Waals surface area contributed by atoms with Crippen LogP contribution in [-0.2, 0) is 15.0 Å². The van der Waals surface area contributed by atoms with Crippen molar-refractivity contribution in [1.29, 1.82) is 0 Å². The Morgan fingerprint density at radius 1 is 1.35 bits per heavy atom. The lowest BCUT2D eigenvalue weighted by molar-refractivity contribution is 0.171. The summed E-state index contributed by atoms with van der Waals surface area (Å²) in [4.78, 5) is -0.553. The smallest absolute Gasteiger partial charge is 0.335 e. The third-order valence-electron chi connectivity index (χ3n) is 1.92. The topological polar surface area (TPSA) is 52.6 Å². The van der Waals surface area contributed by atoms with E-state index >= 15 is 0 Å². The number of hydrogen-bond acceptors (Lipinski definition) is 4. The predicted molar refractivity (Wildman–Crippen MR) is 61.7 cm³/mol. The summed E-state index contributed by atoms with van der Waals surface area (Å²) in [6.07, 6.45) is 0.574. The zero-order chi connectivity index (χ0) is 12.9. The molecule has 0 saturated heterocycles. The van der Waals surface area contributed by atoms with Gasteiger partial charge in [0.25, 0.3) is 0 Å². The van der Waals surface area contributed by atoms with Gasteiger partial charge in [-0.3, -0.25) is 0 Å². The Morgan fingerprint density at radius 3 is 2.65 bits per heavy atom. The van der Waals surface area contributed by atoms with Crippen molar-refractivity contribution in [2.24, 2.45) is 0 Å². The van der Waals surface area contributed by atoms with Crippen LogP contribution < -0.4 is 4.74 Å². The summed E-state index contributed by atoms with van der Waals surface area (Å²) in [5.74, 6) is -0.0481. The SMILES string of the molecule is COCCCOc1ccc(Cl)cc1S(=O)(=O)F. The molecule has 0 saturated carbocycles. The fourth-order valence-corrected chi connectivity index (χ4v) is 2.05. The molecule has 96 valence electrons. The van der Waals surface area contributed by atoms with Crippen LogP contribution in [0, 0.1) is 0 Å². The molecule has 0 spiro atoms. The number of rotatable bonds is 6. The van der Waals surface area contributed by atoms with Gasteiger partial charge in [0.05, 0.1) is 6.61 Å². The van der Waals surface area contributed by atoms with Crippen LogP contribution in [0.25, 0.3) is 0 Å². The highest BCUT2D eigenvalue weighted by molar-refractivity contribution is 7.86. The maximum Gasteiger partial charge on any atom is 0.335 e. The van der Waals surface area contributed by atoms with E-state index in [1.54, 1.807) is 7.11 Å². The number of halogens is 2. The largest absolute Gasteiger partial charge is 0.492 e. The van der Waals surface area contributed by atoms with Gasteiger partial charge in [0.1, 0.15) is 10.6 Å². The van der Waals surface area contributed by atoms with Crippen LogP contribution in [0.3, 0.4) is 0 Å². The molecule has 7 heteroatoms. The molecule has 1 aromatic carbocycles. The van der Waals surface area contributed by atoms with Crippen LogP contribution in [0.15, 0.2) is 23.1 Å². The summed E-state index contributed by atoms with van der Waals surface area (Å²) in [6.45, 7) is 0.712. The maximum absolute atomic E-state index is 12.9. The van der Waals surface area contributed by atoms with Gasteiger partial charge in [-0.1, -0.05) is 11.6 Å². The third-order valence-corrected chi connectivity index (χ3v) is 3.00. The van der Waals surface area contributed by atoms with E-state index in [0.717, 1.165) is 6.07 Å². The number of hydrogen-bond donors (Lipinski definition) is 0. The zero-order valence-electron chi connectivity index (χ0n) is 9.15. The van der Waals surface area contributed by atoms with E-state index in [9.17, 15) is 12.3 Å². The second-order valence-electron chi connectivity index (χ2n) is 3.22. The normalized spacial score (nSPS) is 11.5. The van der Waals surface area contributed by atoms with Gasteiger partial charge in [-0.25, -0.2) is 0 Å². The highest BCUT2D eigenvalue weighted by atomic mass is 35.5. The summed E-state index contributed by atoms with van der Waals surface area (Å²) in [5, 5.41) is 0.130. The van der Waals surface area contributed by atoms with Gasteiger partial charge >= 0.3 is 10.2 Å². The average molecular weight is 283 g/mol. The number of methoxy groups -OCH3 is 1. The molecule has 0 fully saturated rings. The Hall–Kier alpha value is -0.850. The van der Waals surface area contributed by atoms with Crippen molar-refractivity contribution in [3.63, 3.8) is 0 Å². The Bertz CT molecular complexity index is 475. The molecule has 1 aromatic rings. The first-order valence-corrected chi connectivity index (χ1v) is 6.57. The molecular formula is C10H12ClFO4S. The molecule has 0 unspecified atom stereocenters. The number of ether oxygens (including phenoxy) is 2. The molecule has 17 heavy (non-hydrogen) atoms. The van der Waals surface area contributed by atoms with E-state index in [1.807, 2.05) is 0 Å². The Labute approximate surface area is 105 Å². The van der Waals surface area contributed by atoms with Crippen LogP contribution in [-0.4, -0.2) is 28.7 Å². The first kappa shape index (κ1) is 14.2. The van der Waals surface area contributed by atoms with E-state index in [4.69, 9.17) is 21.1 Å².